The van der Waals surface area contributed by atoms with Gasteiger partial charge in [-0.1, -0.05) is 104 Å². The maximum absolute atomic E-state index is 2.41. The van der Waals surface area contributed by atoms with Crippen molar-refractivity contribution in [3.8, 4) is 0 Å². The summed E-state index contributed by atoms with van der Waals surface area (Å²) < 4.78 is 0. The van der Waals surface area contributed by atoms with E-state index in [4.69, 9.17) is 0 Å². The van der Waals surface area contributed by atoms with Gasteiger partial charge in [-0.2, -0.15) is 0 Å². The van der Waals surface area contributed by atoms with Crippen LogP contribution in [0.25, 0.3) is 17.7 Å². The van der Waals surface area contributed by atoms with E-state index in [-0.39, 0.29) is 5.41 Å². The van der Waals surface area contributed by atoms with Crippen molar-refractivity contribution >= 4 is 17.7 Å². The largest absolute Gasteiger partial charge is 0.0752 e. The molecule has 0 radical (unpaired) electrons. The molecule has 0 nitrogen and oxygen atoms in total. The van der Waals surface area contributed by atoms with Crippen molar-refractivity contribution < 1.29 is 0 Å². The molecule has 1 aliphatic carbocycles. The van der Waals surface area contributed by atoms with E-state index in [1.54, 1.807) is 0 Å². The van der Waals surface area contributed by atoms with Gasteiger partial charge in [0, 0.05) is 0 Å². The monoisotopic (exact) mass is 350 g/mol. The third-order valence-corrected chi connectivity index (χ3v) is 5.51. The molecule has 0 aromatic heterocycles. The van der Waals surface area contributed by atoms with Gasteiger partial charge in [0.05, 0.1) is 0 Å². The van der Waals surface area contributed by atoms with E-state index in [2.05, 4.69) is 112 Å². The fourth-order valence-corrected chi connectivity index (χ4v) is 3.82. The minimum Gasteiger partial charge on any atom is -0.0752 e. The second-order valence-corrected chi connectivity index (χ2v) is 8.12. The number of hydrogen-bond acceptors (Lipinski definition) is 0. The van der Waals surface area contributed by atoms with Gasteiger partial charge in [0.1, 0.15) is 0 Å². The van der Waals surface area contributed by atoms with E-state index >= 15 is 0 Å². The molecular formula is C27H26. The molecule has 0 bridgehead atoms. The normalized spacial score (nSPS) is 15.4. The van der Waals surface area contributed by atoms with E-state index in [0.29, 0.717) is 0 Å². The van der Waals surface area contributed by atoms with Crippen molar-refractivity contribution in [2.45, 2.75) is 32.6 Å². The topological polar surface area (TPSA) is 0 Å². The van der Waals surface area contributed by atoms with Crippen LogP contribution in [0.1, 0.15) is 53.6 Å². The molecule has 0 aliphatic heterocycles. The summed E-state index contributed by atoms with van der Waals surface area (Å²) in [6, 6.07) is 26.3. The molecule has 0 atom stereocenters. The number of fused-ring (bicyclic) bond motifs is 1. The highest BCUT2D eigenvalue weighted by molar-refractivity contribution is 5.85. The van der Waals surface area contributed by atoms with Crippen molar-refractivity contribution in [1.82, 2.24) is 0 Å². The summed E-state index contributed by atoms with van der Waals surface area (Å²) in [5.41, 5.74) is 9.41. The van der Waals surface area contributed by atoms with Gasteiger partial charge in [0.2, 0.25) is 0 Å². The summed E-state index contributed by atoms with van der Waals surface area (Å²) in [5, 5.41) is 0. The molecule has 1 aliphatic rings. The zero-order valence-corrected chi connectivity index (χ0v) is 16.4. The van der Waals surface area contributed by atoms with Crippen molar-refractivity contribution in [1.29, 1.82) is 0 Å². The maximum Gasteiger partial charge on any atom is -0.00626 e. The zero-order chi connectivity index (χ0) is 18.9. The van der Waals surface area contributed by atoms with Gasteiger partial charge >= 0.3 is 0 Å². The summed E-state index contributed by atoms with van der Waals surface area (Å²) in [7, 11) is 0. The highest BCUT2D eigenvalue weighted by Crippen LogP contribution is 2.41. The Hall–Kier alpha value is -2.86. The lowest BCUT2D eigenvalue weighted by atomic mass is 9.72. The lowest BCUT2D eigenvalue weighted by Crippen LogP contribution is -2.21. The Morgan fingerprint density at radius 3 is 2.19 bits per heavy atom. The van der Waals surface area contributed by atoms with Crippen LogP contribution in [0.15, 0.2) is 78.9 Å². The molecule has 4 rings (SSSR count). The number of allylic oxidation sites excluding steroid dienone is 1. The van der Waals surface area contributed by atoms with Crippen LogP contribution in [0.5, 0.6) is 0 Å². The Balaban J connectivity index is 1.74. The number of benzene rings is 3. The summed E-state index contributed by atoms with van der Waals surface area (Å²) in [4.78, 5) is 0. The fraction of sp³-hybridized carbons (Fsp3) is 0.185. The standard InChI is InChI=1S/C27H26/c1-20-9-11-21(12-10-20)13-14-22-15-16-26-25(19-22)24(17-18-27(26,2)3)23-7-5-4-6-8-23/h4-17,19H,18H2,1-3H3/b14-13+. The van der Waals surface area contributed by atoms with Gasteiger partial charge in [0.25, 0.3) is 0 Å². The van der Waals surface area contributed by atoms with Crippen LogP contribution in [0.2, 0.25) is 0 Å². The van der Waals surface area contributed by atoms with Crippen LogP contribution in [-0.4, -0.2) is 0 Å². The van der Waals surface area contributed by atoms with Gasteiger partial charge < -0.3 is 0 Å². The molecular weight excluding hydrogens is 324 g/mol. The molecule has 0 fully saturated rings. The molecule has 3 aromatic rings. The van der Waals surface area contributed by atoms with Crippen molar-refractivity contribution in [3.63, 3.8) is 0 Å². The zero-order valence-electron chi connectivity index (χ0n) is 16.4. The molecule has 0 unspecified atom stereocenters. The van der Waals surface area contributed by atoms with Crippen LogP contribution in [-0.2, 0) is 5.41 Å². The first-order valence-corrected chi connectivity index (χ1v) is 9.68. The van der Waals surface area contributed by atoms with Crippen LogP contribution < -0.4 is 0 Å². The fourth-order valence-electron chi connectivity index (χ4n) is 3.82. The summed E-state index contributed by atoms with van der Waals surface area (Å²) in [6.45, 7) is 6.80. The van der Waals surface area contributed by atoms with E-state index in [1.165, 1.54) is 39.0 Å². The second-order valence-electron chi connectivity index (χ2n) is 8.12. The SMILES string of the molecule is Cc1ccc(/C=C/c2ccc3c(c2)C(c2ccccc2)=CCC3(C)C)cc1. The van der Waals surface area contributed by atoms with Crippen molar-refractivity contribution in [3.05, 3.63) is 112 Å². The minimum atomic E-state index is 0.173. The van der Waals surface area contributed by atoms with Gasteiger partial charge in [-0.05, 0) is 58.2 Å². The van der Waals surface area contributed by atoms with Crippen LogP contribution >= 0.6 is 0 Å². The van der Waals surface area contributed by atoms with Crippen molar-refractivity contribution in [2.75, 3.05) is 0 Å². The molecule has 27 heavy (non-hydrogen) atoms. The first kappa shape index (κ1) is 17.5. The molecule has 0 heteroatoms. The molecule has 0 heterocycles. The van der Waals surface area contributed by atoms with Gasteiger partial charge in [-0.3, -0.25) is 0 Å². The number of hydrogen-bond donors (Lipinski definition) is 0. The lowest BCUT2D eigenvalue weighted by Gasteiger charge is -2.32. The first-order chi connectivity index (χ1) is 13.0. The highest BCUT2D eigenvalue weighted by Gasteiger charge is 2.28. The van der Waals surface area contributed by atoms with Crippen LogP contribution in [0.4, 0.5) is 0 Å². The molecule has 0 saturated carbocycles. The van der Waals surface area contributed by atoms with Crippen LogP contribution in [0, 0.1) is 6.92 Å². The van der Waals surface area contributed by atoms with Crippen molar-refractivity contribution in [2.24, 2.45) is 0 Å². The van der Waals surface area contributed by atoms with Gasteiger partial charge in [-0.25, -0.2) is 0 Å². The van der Waals surface area contributed by atoms with E-state index < -0.39 is 0 Å². The van der Waals surface area contributed by atoms with Gasteiger partial charge in [-0.15, -0.1) is 0 Å². The van der Waals surface area contributed by atoms with E-state index in [1.807, 2.05) is 0 Å². The van der Waals surface area contributed by atoms with E-state index in [9.17, 15) is 0 Å². The molecule has 0 amide bonds. The Kier molecular flexibility index (Phi) is 4.58. The maximum atomic E-state index is 2.41. The summed E-state index contributed by atoms with van der Waals surface area (Å²) >= 11 is 0. The summed E-state index contributed by atoms with van der Waals surface area (Å²) in [6.07, 6.45) is 7.89. The Bertz CT molecular complexity index is 1000. The Morgan fingerprint density at radius 2 is 1.44 bits per heavy atom. The smallest absolute Gasteiger partial charge is 0.00626 e. The summed E-state index contributed by atoms with van der Waals surface area (Å²) in [5.74, 6) is 0. The third kappa shape index (κ3) is 3.66. The molecule has 0 N–H and O–H groups in total. The minimum absolute atomic E-state index is 0.173. The quantitative estimate of drug-likeness (QED) is 0.435. The number of rotatable bonds is 3. The molecule has 0 spiro atoms. The highest BCUT2D eigenvalue weighted by atomic mass is 14.3. The molecule has 3 aromatic carbocycles. The molecule has 0 saturated heterocycles. The molecule has 134 valence electrons. The predicted octanol–water partition coefficient (Wildman–Crippen LogP) is 7.28. The number of aryl methyl sites for hydroxylation is 1. The van der Waals surface area contributed by atoms with Crippen LogP contribution in [0.3, 0.4) is 0 Å². The average Bonchev–Trinajstić information content (AvgIpc) is 2.68. The predicted molar refractivity (Wildman–Crippen MR) is 118 cm³/mol. The Morgan fingerprint density at radius 1 is 0.778 bits per heavy atom. The average molecular weight is 351 g/mol. The first-order valence-electron chi connectivity index (χ1n) is 9.68. The Labute approximate surface area is 162 Å². The van der Waals surface area contributed by atoms with Gasteiger partial charge in [0.15, 0.2) is 0 Å². The lowest BCUT2D eigenvalue weighted by molar-refractivity contribution is 0.527. The third-order valence-electron chi connectivity index (χ3n) is 5.51. The van der Waals surface area contributed by atoms with E-state index in [0.717, 1.165) is 6.42 Å². The second kappa shape index (κ2) is 7.04.